The maximum atomic E-state index is 12.1. The Morgan fingerprint density at radius 2 is 2.15 bits per heavy atom. The first-order chi connectivity index (χ1) is 12.7. The van der Waals surface area contributed by atoms with E-state index in [0.29, 0.717) is 18.7 Å². The summed E-state index contributed by atoms with van der Waals surface area (Å²) < 4.78 is 12.6. The van der Waals surface area contributed by atoms with Gasteiger partial charge in [0.2, 0.25) is 6.79 Å². The second kappa shape index (κ2) is 6.95. The fourth-order valence-electron chi connectivity index (χ4n) is 2.93. The van der Waals surface area contributed by atoms with Crippen molar-refractivity contribution in [3.05, 3.63) is 60.0 Å². The molecule has 26 heavy (non-hydrogen) atoms. The number of amides is 2. The average Bonchev–Trinajstić information content (AvgIpc) is 3.27. The predicted molar refractivity (Wildman–Crippen MR) is 96.4 cm³/mol. The minimum Gasteiger partial charge on any atom is -0.454 e. The van der Waals surface area contributed by atoms with E-state index in [1.165, 1.54) is 0 Å². The van der Waals surface area contributed by atoms with Gasteiger partial charge < -0.3 is 24.5 Å². The Labute approximate surface area is 150 Å². The number of hydrogen-bond acceptors (Lipinski definition) is 4. The van der Waals surface area contributed by atoms with Crippen LogP contribution in [0.15, 0.2) is 48.8 Å². The third-order valence-corrected chi connectivity index (χ3v) is 4.32. The highest BCUT2D eigenvalue weighted by Gasteiger charge is 2.16. The van der Waals surface area contributed by atoms with Crippen molar-refractivity contribution in [2.24, 2.45) is 0 Å². The molecule has 0 fully saturated rings. The first-order valence-electron chi connectivity index (χ1n) is 8.55. The van der Waals surface area contributed by atoms with E-state index in [1.54, 1.807) is 0 Å². The fourth-order valence-corrected chi connectivity index (χ4v) is 2.93. The van der Waals surface area contributed by atoms with Crippen molar-refractivity contribution in [3.8, 4) is 11.5 Å². The molecule has 2 amide bonds. The fraction of sp³-hybridized carbons (Fsp3) is 0.263. The summed E-state index contributed by atoms with van der Waals surface area (Å²) in [6.45, 7) is 2.69. The van der Waals surface area contributed by atoms with Crippen LogP contribution in [0.1, 0.15) is 24.2 Å². The van der Waals surface area contributed by atoms with Crippen LogP contribution >= 0.6 is 0 Å². The summed E-state index contributed by atoms with van der Waals surface area (Å²) >= 11 is 0. The first kappa shape index (κ1) is 16.3. The normalized spacial score (nSPS) is 13.6. The number of carbonyl (C=O) groups is 1. The molecule has 1 unspecified atom stereocenters. The number of aromatic nitrogens is 2. The summed E-state index contributed by atoms with van der Waals surface area (Å²) in [4.78, 5) is 16.6. The standard InChI is InChI=1S/C19H20N4O3/c1-13(14-5-6-16-17(10-14)26-12-25-16)21-19(24)20-8-7-15-11-23-9-3-2-4-18(23)22-15/h2-6,9-11,13H,7-8,12H2,1H3,(H2,20,21,24). The van der Waals surface area contributed by atoms with E-state index in [9.17, 15) is 4.79 Å². The van der Waals surface area contributed by atoms with Crippen molar-refractivity contribution < 1.29 is 14.3 Å². The molecule has 1 aliphatic rings. The zero-order valence-electron chi connectivity index (χ0n) is 14.4. The van der Waals surface area contributed by atoms with Crippen LogP contribution in [0.5, 0.6) is 11.5 Å². The van der Waals surface area contributed by atoms with Gasteiger partial charge in [-0.15, -0.1) is 0 Å². The molecular weight excluding hydrogens is 332 g/mol. The molecule has 0 aliphatic carbocycles. The number of carbonyl (C=O) groups excluding carboxylic acids is 1. The van der Waals surface area contributed by atoms with Gasteiger partial charge in [-0.1, -0.05) is 12.1 Å². The lowest BCUT2D eigenvalue weighted by Crippen LogP contribution is -2.38. The second-order valence-electron chi connectivity index (χ2n) is 6.18. The van der Waals surface area contributed by atoms with E-state index in [0.717, 1.165) is 22.7 Å². The molecule has 0 saturated heterocycles. The monoisotopic (exact) mass is 352 g/mol. The third kappa shape index (κ3) is 3.42. The summed E-state index contributed by atoms with van der Waals surface area (Å²) in [5, 5.41) is 5.80. The second-order valence-corrected chi connectivity index (χ2v) is 6.18. The van der Waals surface area contributed by atoms with Gasteiger partial charge in [0.05, 0.1) is 11.7 Å². The lowest BCUT2D eigenvalue weighted by Gasteiger charge is -2.15. The van der Waals surface area contributed by atoms with Gasteiger partial charge in [0, 0.05) is 25.4 Å². The molecule has 1 atom stereocenters. The number of nitrogens with one attached hydrogen (secondary N) is 2. The van der Waals surface area contributed by atoms with Crippen LogP contribution in [-0.4, -0.2) is 28.8 Å². The molecular formula is C19H20N4O3. The highest BCUT2D eigenvalue weighted by atomic mass is 16.7. The quantitative estimate of drug-likeness (QED) is 0.740. The molecule has 1 aromatic carbocycles. The van der Waals surface area contributed by atoms with Crippen molar-refractivity contribution in [3.63, 3.8) is 0 Å². The minimum absolute atomic E-state index is 0.139. The molecule has 0 saturated carbocycles. The minimum atomic E-state index is -0.209. The van der Waals surface area contributed by atoms with Gasteiger partial charge in [-0.2, -0.15) is 0 Å². The van der Waals surface area contributed by atoms with Gasteiger partial charge in [0.15, 0.2) is 11.5 Å². The molecule has 7 heteroatoms. The molecule has 2 aromatic heterocycles. The average molecular weight is 352 g/mol. The Morgan fingerprint density at radius 3 is 3.04 bits per heavy atom. The molecule has 7 nitrogen and oxygen atoms in total. The van der Waals surface area contributed by atoms with Crippen molar-refractivity contribution >= 4 is 11.7 Å². The first-order valence-corrected chi connectivity index (χ1v) is 8.55. The molecule has 2 N–H and O–H groups in total. The van der Waals surface area contributed by atoms with Crippen molar-refractivity contribution in [2.75, 3.05) is 13.3 Å². The summed E-state index contributed by atoms with van der Waals surface area (Å²) in [6, 6.07) is 11.2. The number of rotatable bonds is 5. The van der Waals surface area contributed by atoms with Crippen molar-refractivity contribution in [1.29, 1.82) is 0 Å². The van der Waals surface area contributed by atoms with Crippen LogP contribution < -0.4 is 20.1 Å². The maximum absolute atomic E-state index is 12.1. The van der Waals surface area contributed by atoms with Crippen LogP contribution in [0.25, 0.3) is 5.65 Å². The molecule has 3 aromatic rings. The zero-order valence-corrected chi connectivity index (χ0v) is 14.4. The maximum Gasteiger partial charge on any atom is 0.315 e. The highest BCUT2D eigenvalue weighted by molar-refractivity contribution is 5.74. The van der Waals surface area contributed by atoms with Crippen LogP contribution in [0.3, 0.4) is 0 Å². The smallest absolute Gasteiger partial charge is 0.315 e. The number of ether oxygens (including phenoxy) is 2. The summed E-state index contributed by atoms with van der Waals surface area (Å²) in [6.07, 6.45) is 4.61. The van der Waals surface area contributed by atoms with Gasteiger partial charge in [0.1, 0.15) is 5.65 Å². The number of pyridine rings is 1. The summed E-state index contributed by atoms with van der Waals surface area (Å²) in [5.74, 6) is 1.45. The topological polar surface area (TPSA) is 76.9 Å². The van der Waals surface area contributed by atoms with Gasteiger partial charge in [-0.3, -0.25) is 0 Å². The van der Waals surface area contributed by atoms with Crippen LogP contribution in [-0.2, 0) is 6.42 Å². The number of nitrogens with zero attached hydrogens (tertiary/aromatic N) is 2. The Bertz CT molecular complexity index is 904. The third-order valence-electron chi connectivity index (χ3n) is 4.32. The van der Waals surface area contributed by atoms with E-state index in [2.05, 4.69) is 15.6 Å². The number of benzene rings is 1. The van der Waals surface area contributed by atoms with Gasteiger partial charge in [0.25, 0.3) is 0 Å². The summed E-state index contributed by atoms with van der Waals surface area (Å²) in [5.41, 5.74) is 2.81. The number of hydrogen-bond donors (Lipinski definition) is 2. The molecule has 0 bridgehead atoms. The molecule has 1 aliphatic heterocycles. The largest absolute Gasteiger partial charge is 0.454 e. The molecule has 4 rings (SSSR count). The van der Waals surface area contributed by atoms with E-state index < -0.39 is 0 Å². The molecule has 3 heterocycles. The van der Waals surface area contributed by atoms with E-state index in [1.807, 2.05) is 60.1 Å². The highest BCUT2D eigenvalue weighted by Crippen LogP contribution is 2.34. The Hall–Kier alpha value is -3.22. The SMILES string of the molecule is CC(NC(=O)NCCc1cn2ccccc2n1)c1ccc2c(c1)OCO2. The number of imidazole rings is 1. The molecule has 134 valence electrons. The van der Waals surface area contributed by atoms with E-state index >= 15 is 0 Å². The van der Waals surface area contributed by atoms with Gasteiger partial charge >= 0.3 is 6.03 Å². The Kier molecular flexibility index (Phi) is 4.35. The number of fused-ring (bicyclic) bond motifs is 2. The van der Waals surface area contributed by atoms with Crippen LogP contribution in [0, 0.1) is 0 Å². The predicted octanol–water partition coefficient (Wildman–Crippen LogP) is 2.67. The lowest BCUT2D eigenvalue weighted by atomic mass is 10.1. The van der Waals surface area contributed by atoms with Gasteiger partial charge in [-0.05, 0) is 36.8 Å². The van der Waals surface area contributed by atoms with Crippen LogP contribution in [0.4, 0.5) is 4.79 Å². The lowest BCUT2D eigenvalue weighted by molar-refractivity contribution is 0.174. The van der Waals surface area contributed by atoms with Crippen molar-refractivity contribution in [2.45, 2.75) is 19.4 Å². The van der Waals surface area contributed by atoms with Gasteiger partial charge in [-0.25, -0.2) is 9.78 Å². The van der Waals surface area contributed by atoms with Crippen molar-refractivity contribution in [1.82, 2.24) is 20.0 Å². The number of urea groups is 1. The molecule has 0 radical (unpaired) electrons. The van der Waals surface area contributed by atoms with E-state index in [4.69, 9.17) is 9.47 Å². The molecule has 0 spiro atoms. The van der Waals surface area contributed by atoms with Crippen LogP contribution in [0.2, 0.25) is 0 Å². The Morgan fingerprint density at radius 1 is 1.27 bits per heavy atom. The van der Waals surface area contributed by atoms with E-state index in [-0.39, 0.29) is 18.9 Å². The summed E-state index contributed by atoms with van der Waals surface area (Å²) in [7, 11) is 0. The zero-order chi connectivity index (χ0) is 17.9. The Balaban J connectivity index is 1.28.